The predicted octanol–water partition coefficient (Wildman–Crippen LogP) is 3.04. The fourth-order valence-corrected chi connectivity index (χ4v) is 2.32. The molecule has 1 heterocycles. The lowest BCUT2D eigenvalue weighted by molar-refractivity contribution is -0.135. The van der Waals surface area contributed by atoms with Crippen LogP contribution >= 0.6 is 11.6 Å². The molecule has 0 saturated carbocycles. The third-order valence-corrected chi connectivity index (χ3v) is 3.25. The van der Waals surface area contributed by atoms with Gasteiger partial charge in [-0.2, -0.15) is 5.10 Å². The van der Waals surface area contributed by atoms with Crippen molar-refractivity contribution in [3.8, 4) is 0 Å². The molecule has 0 amide bonds. The fraction of sp³-hybridized carbons (Fsp3) is 0.333. The van der Waals surface area contributed by atoms with Crippen LogP contribution in [0, 0.1) is 0 Å². The summed E-state index contributed by atoms with van der Waals surface area (Å²) in [6.45, 7) is 3.34. The Labute approximate surface area is 128 Å². The third kappa shape index (κ3) is 4.49. The first-order chi connectivity index (χ1) is 10.1. The zero-order chi connectivity index (χ0) is 15.2. The standard InChI is InChI=1S/C15H18ClN3O2/c1-2-6-19-10-12(8-17-19)9-18(11-15(20)21)14-5-3-4-13(16)7-14/h3-5,7-8,10H,2,6,9,11H2,1H3,(H,20,21). The number of aromatic nitrogens is 2. The minimum absolute atomic E-state index is 0.0840. The lowest BCUT2D eigenvalue weighted by Crippen LogP contribution is -2.29. The van der Waals surface area contributed by atoms with Crippen LogP contribution in [-0.4, -0.2) is 27.4 Å². The molecule has 0 aliphatic rings. The fourth-order valence-electron chi connectivity index (χ4n) is 2.13. The lowest BCUT2D eigenvalue weighted by Gasteiger charge is -2.22. The van der Waals surface area contributed by atoms with E-state index < -0.39 is 5.97 Å². The van der Waals surface area contributed by atoms with Gasteiger partial charge in [0.2, 0.25) is 0 Å². The molecule has 0 aliphatic heterocycles. The zero-order valence-electron chi connectivity index (χ0n) is 11.9. The van der Waals surface area contributed by atoms with E-state index in [4.69, 9.17) is 16.7 Å². The topological polar surface area (TPSA) is 58.4 Å². The van der Waals surface area contributed by atoms with Crippen molar-refractivity contribution in [3.63, 3.8) is 0 Å². The molecule has 1 aromatic carbocycles. The number of nitrogens with zero attached hydrogens (tertiary/aromatic N) is 3. The van der Waals surface area contributed by atoms with Crippen molar-refractivity contribution in [2.24, 2.45) is 0 Å². The summed E-state index contributed by atoms with van der Waals surface area (Å²) >= 11 is 5.98. The molecule has 5 nitrogen and oxygen atoms in total. The van der Waals surface area contributed by atoms with E-state index in [0.717, 1.165) is 24.2 Å². The van der Waals surface area contributed by atoms with E-state index in [9.17, 15) is 4.79 Å². The van der Waals surface area contributed by atoms with Crippen molar-refractivity contribution >= 4 is 23.3 Å². The molecule has 0 fully saturated rings. The second kappa shape index (κ2) is 7.13. The summed E-state index contributed by atoms with van der Waals surface area (Å²) in [5.41, 5.74) is 1.76. The van der Waals surface area contributed by atoms with Crippen LogP contribution in [0.25, 0.3) is 0 Å². The van der Waals surface area contributed by atoms with Crippen molar-refractivity contribution in [2.75, 3.05) is 11.4 Å². The number of anilines is 1. The van der Waals surface area contributed by atoms with E-state index >= 15 is 0 Å². The molecule has 0 saturated heterocycles. The van der Waals surface area contributed by atoms with Crippen LogP contribution in [0.4, 0.5) is 5.69 Å². The number of halogens is 1. The van der Waals surface area contributed by atoms with Gasteiger partial charge in [0.25, 0.3) is 0 Å². The van der Waals surface area contributed by atoms with E-state index in [-0.39, 0.29) is 6.54 Å². The van der Waals surface area contributed by atoms with Crippen LogP contribution in [-0.2, 0) is 17.9 Å². The lowest BCUT2D eigenvalue weighted by atomic mass is 10.2. The number of benzene rings is 1. The Balaban J connectivity index is 2.17. The Kier molecular flexibility index (Phi) is 5.22. The number of carbonyl (C=O) groups is 1. The normalized spacial score (nSPS) is 10.6. The molecule has 0 atom stereocenters. The number of carboxylic acid groups (broad SMARTS) is 1. The average Bonchev–Trinajstić information content (AvgIpc) is 2.85. The predicted molar refractivity (Wildman–Crippen MR) is 82.7 cm³/mol. The zero-order valence-corrected chi connectivity index (χ0v) is 12.6. The van der Waals surface area contributed by atoms with E-state index in [1.165, 1.54) is 0 Å². The maximum absolute atomic E-state index is 11.1. The van der Waals surface area contributed by atoms with E-state index in [1.807, 2.05) is 23.0 Å². The highest BCUT2D eigenvalue weighted by molar-refractivity contribution is 6.30. The first-order valence-corrected chi connectivity index (χ1v) is 7.20. The quantitative estimate of drug-likeness (QED) is 0.854. The first kappa shape index (κ1) is 15.4. The van der Waals surface area contributed by atoms with Crippen molar-refractivity contribution in [2.45, 2.75) is 26.4 Å². The van der Waals surface area contributed by atoms with Gasteiger partial charge in [-0.25, -0.2) is 0 Å². The number of hydrogen-bond acceptors (Lipinski definition) is 3. The molecule has 0 spiro atoms. The van der Waals surface area contributed by atoms with Gasteiger partial charge in [0, 0.05) is 35.6 Å². The van der Waals surface area contributed by atoms with Crippen LogP contribution < -0.4 is 4.90 Å². The van der Waals surface area contributed by atoms with Gasteiger partial charge in [-0.3, -0.25) is 9.48 Å². The smallest absolute Gasteiger partial charge is 0.323 e. The second-order valence-corrected chi connectivity index (χ2v) is 5.28. The van der Waals surface area contributed by atoms with Gasteiger partial charge in [-0.1, -0.05) is 24.6 Å². The van der Waals surface area contributed by atoms with Crippen molar-refractivity contribution in [1.82, 2.24) is 9.78 Å². The molecular weight excluding hydrogens is 290 g/mol. The van der Waals surface area contributed by atoms with Crippen molar-refractivity contribution < 1.29 is 9.90 Å². The van der Waals surface area contributed by atoms with Gasteiger partial charge in [0.15, 0.2) is 0 Å². The van der Waals surface area contributed by atoms with Crippen molar-refractivity contribution in [3.05, 3.63) is 47.2 Å². The summed E-state index contributed by atoms with van der Waals surface area (Å²) in [4.78, 5) is 12.8. The Hall–Kier alpha value is -2.01. The number of aryl methyl sites for hydroxylation is 1. The molecule has 0 unspecified atom stereocenters. The van der Waals surface area contributed by atoms with Crippen LogP contribution in [0.3, 0.4) is 0 Å². The molecule has 1 N–H and O–H groups in total. The van der Waals surface area contributed by atoms with Crippen LogP contribution in [0.15, 0.2) is 36.7 Å². The van der Waals surface area contributed by atoms with Crippen LogP contribution in [0.1, 0.15) is 18.9 Å². The minimum Gasteiger partial charge on any atom is -0.480 e. The van der Waals surface area contributed by atoms with Gasteiger partial charge in [0.1, 0.15) is 6.54 Å². The molecule has 0 bridgehead atoms. The molecule has 2 aromatic rings. The third-order valence-electron chi connectivity index (χ3n) is 3.01. The molecule has 21 heavy (non-hydrogen) atoms. The molecule has 1 aromatic heterocycles. The minimum atomic E-state index is -0.879. The first-order valence-electron chi connectivity index (χ1n) is 6.82. The van der Waals surface area contributed by atoms with Gasteiger partial charge in [-0.05, 0) is 24.6 Å². The number of hydrogen-bond donors (Lipinski definition) is 1. The molecule has 0 radical (unpaired) electrons. The van der Waals surface area contributed by atoms with Gasteiger partial charge in [-0.15, -0.1) is 0 Å². The van der Waals surface area contributed by atoms with E-state index in [2.05, 4.69) is 12.0 Å². The summed E-state index contributed by atoms with van der Waals surface area (Å²) in [6.07, 6.45) is 4.73. The van der Waals surface area contributed by atoms with E-state index in [1.54, 1.807) is 23.2 Å². The number of carboxylic acids is 1. The van der Waals surface area contributed by atoms with E-state index in [0.29, 0.717) is 11.6 Å². The highest BCUT2D eigenvalue weighted by Crippen LogP contribution is 2.21. The Morgan fingerprint density at radius 2 is 2.29 bits per heavy atom. The molecule has 6 heteroatoms. The summed E-state index contributed by atoms with van der Waals surface area (Å²) < 4.78 is 1.87. The average molecular weight is 308 g/mol. The Morgan fingerprint density at radius 1 is 1.48 bits per heavy atom. The van der Waals surface area contributed by atoms with Gasteiger partial charge in [0.05, 0.1) is 6.20 Å². The number of aliphatic carboxylic acids is 1. The SMILES string of the molecule is CCCn1cc(CN(CC(=O)O)c2cccc(Cl)c2)cn1. The van der Waals surface area contributed by atoms with Crippen LogP contribution in [0.5, 0.6) is 0 Å². The summed E-state index contributed by atoms with van der Waals surface area (Å²) in [6, 6.07) is 7.20. The Morgan fingerprint density at radius 3 is 2.95 bits per heavy atom. The monoisotopic (exact) mass is 307 g/mol. The second-order valence-electron chi connectivity index (χ2n) is 4.84. The van der Waals surface area contributed by atoms with Crippen LogP contribution in [0.2, 0.25) is 5.02 Å². The highest BCUT2D eigenvalue weighted by Gasteiger charge is 2.13. The largest absolute Gasteiger partial charge is 0.480 e. The highest BCUT2D eigenvalue weighted by atomic mass is 35.5. The molecule has 2 rings (SSSR count). The van der Waals surface area contributed by atoms with Crippen molar-refractivity contribution in [1.29, 1.82) is 0 Å². The Bertz CT molecular complexity index is 612. The van der Waals surface area contributed by atoms with Gasteiger partial charge >= 0.3 is 5.97 Å². The summed E-state index contributed by atoms with van der Waals surface area (Å²) in [5, 5.41) is 13.9. The van der Waals surface area contributed by atoms with Gasteiger partial charge < -0.3 is 10.0 Å². The number of rotatable bonds is 7. The summed E-state index contributed by atoms with van der Waals surface area (Å²) in [7, 11) is 0. The summed E-state index contributed by atoms with van der Waals surface area (Å²) in [5.74, 6) is -0.879. The molecule has 0 aliphatic carbocycles. The maximum atomic E-state index is 11.1. The molecule has 112 valence electrons. The maximum Gasteiger partial charge on any atom is 0.323 e. The molecular formula is C15H18ClN3O2.